The first-order valence-corrected chi connectivity index (χ1v) is 9.05. The van der Waals surface area contributed by atoms with Crippen LogP contribution in [0, 0.1) is 13.8 Å². The summed E-state index contributed by atoms with van der Waals surface area (Å²) in [6, 6.07) is 19.7. The van der Waals surface area contributed by atoms with Gasteiger partial charge in [0.25, 0.3) is 0 Å². The number of halogens is 2. The molecule has 0 radical (unpaired) electrons. The smallest absolute Gasteiger partial charge is 0.157 e. The molecule has 132 valence electrons. The Morgan fingerprint density at radius 2 is 1.62 bits per heavy atom. The highest BCUT2D eigenvalue weighted by Gasteiger charge is 2.09. The molecular formula is C22H19Cl2NO. The molecule has 0 saturated carbocycles. The summed E-state index contributed by atoms with van der Waals surface area (Å²) in [4.78, 5) is 4.56. The van der Waals surface area contributed by atoms with E-state index in [0.29, 0.717) is 22.4 Å². The minimum Gasteiger partial charge on any atom is -0.486 e. The van der Waals surface area contributed by atoms with E-state index in [9.17, 15) is 0 Å². The Morgan fingerprint density at radius 1 is 0.923 bits per heavy atom. The number of aryl methyl sites for hydroxylation is 2. The van der Waals surface area contributed by atoms with Gasteiger partial charge in [-0.15, -0.1) is 0 Å². The van der Waals surface area contributed by atoms with Gasteiger partial charge in [0.1, 0.15) is 6.61 Å². The Hall–Kier alpha value is -2.29. The molecule has 26 heavy (non-hydrogen) atoms. The molecule has 0 aromatic heterocycles. The first-order chi connectivity index (χ1) is 12.5. The summed E-state index contributed by atoms with van der Waals surface area (Å²) >= 11 is 12.7. The van der Waals surface area contributed by atoms with E-state index in [1.165, 1.54) is 5.56 Å². The minimum atomic E-state index is 0.413. The van der Waals surface area contributed by atoms with Crippen LogP contribution in [0.25, 0.3) is 0 Å². The molecule has 0 heterocycles. The molecule has 3 aromatic carbocycles. The monoisotopic (exact) mass is 383 g/mol. The zero-order valence-corrected chi connectivity index (χ0v) is 16.2. The van der Waals surface area contributed by atoms with Crippen molar-refractivity contribution in [2.45, 2.75) is 20.5 Å². The molecule has 0 aliphatic heterocycles. The largest absolute Gasteiger partial charge is 0.486 e. The van der Waals surface area contributed by atoms with E-state index in [1.807, 2.05) is 62.4 Å². The molecule has 3 aromatic rings. The Bertz CT molecular complexity index is 913. The van der Waals surface area contributed by atoms with Gasteiger partial charge in [-0.1, -0.05) is 65.7 Å². The summed E-state index contributed by atoms with van der Waals surface area (Å²) in [6.45, 7) is 4.49. The van der Waals surface area contributed by atoms with E-state index in [2.05, 4.69) is 17.1 Å². The summed E-state index contributed by atoms with van der Waals surface area (Å²) in [6.07, 6.45) is 1.76. The van der Waals surface area contributed by atoms with E-state index in [-0.39, 0.29) is 0 Å². The van der Waals surface area contributed by atoms with Crippen LogP contribution in [0.5, 0.6) is 5.75 Å². The van der Waals surface area contributed by atoms with E-state index < -0.39 is 0 Å². The molecule has 0 atom stereocenters. The van der Waals surface area contributed by atoms with Gasteiger partial charge in [-0.2, -0.15) is 0 Å². The van der Waals surface area contributed by atoms with Gasteiger partial charge in [0.05, 0.1) is 15.7 Å². The molecule has 0 amide bonds. The maximum absolute atomic E-state index is 6.37. The van der Waals surface area contributed by atoms with Gasteiger partial charge >= 0.3 is 0 Å². The van der Waals surface area contributed by atoms with Crippen molar-refractivity contribution in [3.8, 4) is 5.75 Å². The minimum absolute atomic E-state index is 0.413. The van der Waals surface area contributed by atoms with Crippen LogP contribution in [0.4, 0.5) is 5.69 Å². The molecule has 4 heteroatoms. The highest BCUT2D eigenvalue weighted by Crippen LogP contribution is 2.34. The lowest BCUT2D eigenvalue weighted by molar-refractivity contribution is 0.306. The average Bonchev–Trinajstić information content (AvgIpc) is 2.62. The van der Waals surface area contributed by atoms with E-state index in [1.54, 1.807) is 6.21 Å². The number of hydrogen-bond acceptors (Lipinski definition) is 2. The lowest BCUT2D eigenvalue weighted by atomic mass is 10.1. The predicted octanol–water partition coefficient (Wildman–Crippen LogP) is 6.94. The van der Waals surface area contributed by atoms with Crippen LogP contribution in [0.1, 0.15) is 22.3 Å². The number of ether oxygens (including phenoxy) is 1. The molecule has 0 bridgehead atoms. The van der Waals surface area contributed by atoms with Crippen molar-refractivity contribution >= 4 is 35.1 Å². The molecule has 0 aliphatic rings. The Labute approximate surface area is 164 Å². The lowest BCUT2D eigenvalue weighted by Gasteiger charge is -2.11. The van der Waals surface area contributed by atoms with E-state index in [0.717, 1.165) is 22.4 Å². The van der Waals surface area contributed by atoms with Gasteiger partial charge < -0.3 is 4.74 Å². The average molecular weight is 384 g/mol. The Morgan fingerprint density at radius 3 is 2.31 bits per heavy atom. The third-order valence-corrected chi connectivity index (χ3v) is 4.53. The maximum Gasteiger partial charge on any atom is 0.157 e. The summed E-state index contributed by atoms with van der Waals surface area (Å²) < 4.78 is 5.80. The molecule has 2 nitrogen and oxygen atoms in total. The van der Waals surface area contributed by atoms with E-state index >= 15 is 0 Å². The normalized spacial score (nSPS) is 11.1. The molecule has 0 spiro atoms. The third-order valence-electron chi connectivity index (χ3n) is 3.96. The van der Waals surface area contributed by atoms with Gasteiger partial charge in [-0.25, -0.2) is 0 Å². The molecular weight excluding hydrogens is 365 g/mol. The number of rotatable bonds is 5. The number of benzene rings is 3. The highest BCUT2D eigenvalue weighted by atomic mass is 35.5. The topological polar surface area (TPSA) is 21.6 Å². The van der Waals surface area contributed by atoms with Gasteiger partial charge in [0, 0.05) is 6.21 Å². The highest BCUT2D eigenvalue weighted by molar-refractivity contribution is 6.37. The fourth-order valence-electron chi connectivity index (χ4n) is 2.52. The van der Waals surface area contributed by atoms with Gasteiger partial charge in [0.2, 0.25) is 0 Å². The quantitative estimate of drug-likeness (QED) is 0.437. The molecule has 0 saturated heterocycles. The molecule has 0 aliphatic carbocycles. The standard InChI is InChI=1S/C22H19Cl2NO/c1-15-8-9-16(2)21(10-15)25-13-18-11-19(23)22(20(24)12-18)26-14-17-6-4-3-5-7-17/h3-13H,14H2,1-2H3. The van der Waals surface area contributed by atoms with Crippen LogP contribution < -0.4 is 4.74 Å². The van der Waals surface area contributed by atoms with Crippen molar-refractivity contribution in [2.24, 2.45) is 4.99 Å². The summed E-state index contributed by atoms with van der Waals surface area (Å²) in [5.41, 5.74) is 5.10. The van der Waals surface area contributed by atoms with Crippen molar-refractivity contribution < 1.29 is 4.74 Å². The van der Waals surface area contributed by atoms with Crippen molar-refractivity contribution in [3.05, 3.63) is 93.0 Å². The second-order valence-corrected chi connectivity index (χ2v) is 6.95. The van der Waals surface area contributed by atoms with Gasteiger partial charge in [-0.3, -0.25) is 4.99 Å². The summed E-state index contributed by atoms with van der Waals surface area (Å²) in [7, 11) is 0. The van der Waals surface area contributed by atoms with Crippen LogP contribution >= 0.6 is 23.2 Å². The fraction of sp³-hybridized carbons (Fsp3) is 0.136. The first-order valence-electron chi connectivity index (χ1n) is 8.30. The van der Waals surface area contributed by atoms with Crippen LogP contribution in [0.15, 0.2) is 65.7 Å². The van der Waals surface area contributed by atoms with Crippen LogP contribution in [-0.2, 0) is 6.61 Å². The zero-order chi connectivity index (χ0) is 18.5. The Kier molecular flexibility index (Phi) is 5.97. The zero-order valence-electron chi connectivity index (χ0n) is 14.7. The second-order valence-electron chi connectivity index (χ2n) is 6.14. The third kappa shape index (κ3) is 4.66. The van der Waals surface area contributed by atoms with Crippen LogP contribution in [0.3, 0.4) is 0 Å². The molecule has 0 unspecified atom stereocenters. The molecule has 3 rings (SSSR count). The van der Waals surface area contributed by atoms with Crippen LogP contribution in [-0.4, -0.2) is 6.21 Å². The van der Waals surface area contributed by atoms with Crippen molar-refractivity contribution in [2.75, 3.05) is 0 Å². The van der Waals surface area contributed by atoms with Crippen molar-refractivity contribution in [3.63, 3.8) is 0 Å². The van der Waals surface area contributed by atoms with Crippen molar-refractivity contribution in [1.29, 1.82) is 0 Å². The number of hydrogen-bond donors (Lipinski definition) is 0. The first kappa shape index (κ1) is 18.5. The molecule has 0 fully saturated rings. The fourth-order valence-corrected chi connectivity index (χ4v) is 3.14. The SMILES string of the molecule is Cc1ccc(C)c(N=Cc2cc(Cl)c(OCc3ccccc3)c(Cl)c2)c1. The predicted molar refractivity (Wildman–Crippen MR) is 110 cm³/mol. The molecule has 0 N–H and O–H groups in total. The summed E-state index contributed by atoms with van der Waals surface area (Å²) in [5, 5.41) is 0.937. The van der Waals surface area contributed by atoms with Gasteiger partial charge in [0.15, 0.2) is 5.75 Å². The summed E-state index contributed by atoms with van der Waals surface area (Å²) in [5.74, 6) is 0.487. The van der Waals surface area contributed by atoms with Crippen LogP contribution in [0.2, 0.25) is 10.0 Å². The van der Waals surface area contributed by atoms with Crippen molar-refractivity contribution in [1.82, 2.24) is 0 Å². The van der Waals surface area contributed by atoms with Gasteiger partial charge in [-0.05, 0) is 54.3 Å². The number of aliphatic imine (C=N–C) groups is 1. The maximum atomic E-state index is 6.37. The second kappa shape index (κ2) is 8.39. The lowest BCUT2D eigenvalue weighted by Crippen LogP contribution is -1.97. The Balaban J connectivity index is 1.78. The number of nitrogens with zero attached hydrogens (tertiary/aromatic N) is 1. The van der Waals surface area contributed by atoms with E-state index in [4.69, 9.17) is 27.9 Å².